The Balaban J connectivity index is 0.00000121. The summed E-state index contributed by atoms with van der Waals surface area (Å²) in [5, 5.41) is 0. The molecule has 1 aliphatic heterocycles. The third-order valence-electron chi connectivity index (χ3n) is 1.60. The van der Waals surface area contributed by atoms with Crippen LogP contribution in [0.2, 0.25) is 0 Å². The molecule has 0 aromatic rings. The summed E-state index contributed by atoms with van der Waals surface area (Å²) in [4.78, 5) is 0. The first-order valence-corrected chi connectivity index (χ1v) is 6.13. The Kier molecular flexibility index (Phi) is 9.37. The fourth-order valence-corrected chi connectivity index (χ4v) is 3.63. The molecule has 1 aliphatic rings. The van der Waals surface area contributed by atoms with Crippen molar-refractivity contribution in [2.75, 3.05) is 11.5 Å². The first kappa shape index (κ1) is 13.0. The zero-order valence-corrected chi connectivity index (χ0v) is 9.48. The average molecular weight is 194 g/mol. The predicted octanol–water partition coefficient (Wildman–Crippen LogP) is 0.706. The van der Waals surface area contributed by atoms with Crippen LogP contribution in [0.25, 0.3) is 0 Å². The molecule has 64 valence electrons. The van der Waals surface area contributed by atoms with Crippen molar-refractivity contribution in [3.63, 3.8) is 0 Å². The molecule has 0 aromatic carbocycles. The molecule has 0 atom stereocenters. The first-order chi connectivity index (χ1) is 5.43. The SMILES string of the molecule is C=CCCC[C-]1SCCCS1.[Li+]. The van der Waals surface area contributed by atoms with Crippen LogP contribution in [0.5, 0.6) is 0 Å². The van der Waals surface area contributed by atoms with E-state index in [-0.39, 0.29) is 18.9 Å². The van der Waals surface area contributed by atoms with Gasteiger partial charge in [0.05, 0.1) is 0 Å². The molecule has 0 bridgehead atoms. The summed E-state index contributed by atoms with van der Waals surface area (Å²) in [6.07, 6.45) is 7.16. The third kappa shape index (κ3) is 5.64. The molecule has 12 heavy (non-hydrogen) atoms. The van der Waals surface area contributed by atoms with Gasteiger partial charge in [-0.05, 0) is 24.3 Å². The number of allylic oxidation sites excluding steroid dienone is 1. The molecule has 0 saturated carbocycles. The quantitative estimate of drug-likeness (QED) is 0.280. The molecular formula is C9H15LiS2. The standard InChI is InChI=1S/C9H15S2.Li/c1-2-3-4-6-9-10-7-5-8-11-9;/h2H,1,3-8H2;/q-1;+1. The number of unbranched alkanes of at least 4 members (excludes halogenated alkanes) is 1. The normalized spacial score (nSPS) is 18.3. The van der Waals surface area contributed by atoms with E-state index in [1.807, 2.05) is 6.08 Å². The van der Waals surface area contributed by atoms with Crippen LogP contribution in [0.1, 0.15) is 25.7 Å². The van der Waals surface area contributed by atoms with Gasteiger partial charge in [-0.2, -0.15) is 6.42 Å². The molecule has 0 aliphatic carbocycles. The van der Waals surface area contributed by atoms with Gasteiger partial charge in [-0.15, -0.1) is 6.58 Å². The Morgan fingerprint density at radius 2 is 2.00 bits per heavy atom. The topological polar surface area (TPSA) is 0 Å². The Bertz CT molecular complexity index is 111. The smallest absolute Gasteiger partial charge is 0.337 e. The molecule has 0 radical (unpaired) electrons. The molecule has 3 heteroatoms. The molecule has 1 fully saturated rings. The van der Waals surface area contributed by atoms with Crippen molar-refractivity contribution in [1.29, 1.82) is 0 Å². The van der Waals surface area contributed by atoms with E-state index >= 15 is 0 Å². The van der Waals surface area contributed by atoms with E-state index in [4.69, 9.17) is 0 Å². The van der Waals surface area contributed by atoms with Crippen molar-refractivity contribution in [1.82, 2.24) is 0 Å². The van der Waals surface area contributed by atoms with Crippen LogP contribution < -0.4 is 18.9 Å². The van der Waals surface area contributed by atoms with E-state index in [1.165, 1.54) is 37.2 Å². The molecule has 1 saturated heterocycles. The molecular weight excluding hydrogens is 179 g/mol. The van der Waals surface area contributed by atoms with Crippen LogP contribution in [-0.4, -0.2) is 11.5 Å². The van der Waals surface area contributed by atoms with Crippen LogP contribution in [0.15, 0.2) is 12.7 Å². The minimum atomic E-state index is 0. The third-order valence-corrected chi connectivity index (χ3v) is 4.35. The molecule has 0 N–H and O–H groups in total. The number of thioether (sulfide) groups is 2. The largest absolute Gasteiger partial charge is 1.00 e. The summed E-state index contributed by atoms with van der Waals surface area (Å²) in [5.74, 6) is 2.69. The molecule has 1 rings (SSSR count). The van der Waals surface area contributed by atoms with Gasteiger partial charge in [-0.25, -0.2) is 4.58 Å². The number of rotatable bonds is 4. The first-order valence-electron chi connectivity index (χ1n) is 4.16. The van der Waals surface area contributed by atoms with Gasteiger partial charge in [0.2, 0.25) is 0 Å². The Hall–Kier alpha value is 1.04. The molecule has 0 aromatic heterocycles. The maximum absolute atomic E-state index is 3.72. The second-order valence-electron chi connectivity index (χ2n) is 2.60. The van der Waals surface area contributed by atoms with Crippen molar-refractivity contribution in [3.05, 3.63) is 17.2 Å². The summed E-state index contributed by atoms with van der Waals surface area (Å²) >= 11 is 4.12. The van der Waals surface area contributed by atoms with Gasteiger partial charge in [0.15, 0.2) is 0 Å². The van der Waals surface area contributed by atoms with Gasteiger partial charge in [-0.1, -0.05) is 12.5 Å². The van der Waals surface area contributed by atoms with Crippen LogP contribution in [-0.2, 0) is 0 Å². The van der Waals surface area contributed by atoms with E-state index in [1.54, 1.807) is 4.58 Å². The van der Waals surface area contributed by atoms with Gasteiger partial charge >= 0.3 is 18.9 Å². The average Bonchev–Trinajstić information content (AvgIpc) is 2.07. The van der Waals surface area contributed by atoms with Gasteiger partial charge in [-0.3, -0.25) is 0 Å². The number of hydrogen-bond donors (Lipinski definition) is 0. The summed E-state index contributed by atoms with van der Waals surface area (Å²) in [6, 6.07) is 0. The summed E-state index contributed by atoms with van der Waals surface area (Å²) in [7, 11) is 0. The molecule has 1 heterocycles. The van der Waals surface area contributed by atoms with Crippen LogP contribution in [0.3, 0.4) is 0 Å². The van der Waals surface area contributed by atoms with Crippen molar-refractivity contribution in [3.8, 4) is 0 Å². The van der Waals surface area contributed by atoms with Gasteiger partial charge in [0.1, 0.15) is 0 Å². The van der Waals surface area contributed by atoms with Crippen molar-refractivity contribution >= 4 is 23.5 Å². The summed E-state index contributed by atoms with van der Waals surface area (Å²) in [5.41, 5.74) is 0. The minimum Gasteiger partial charge on any atom is -0.337 e. The maximum Gasteiger partial charge on any atom is 1.00 e. The Labute approximate surface area is 96.5 Å². The molecule has 0 unspecified atom stereocenters. The monoisotopic (exact) mass is 194 g/mol. The summed E-state index contributed by atoms with van der Waals surface area (Å²) < 4.78 is 1.65. The van der Waals surface area contributed by atoms with E-state index in [9.17, 15) is 0 Å². The molecule has 0 nitrogen and oxygen atoms in total. The van der Waals surface area contributed by atoms with Crippen LogP contribution >= 0.6 is 23.5 Å². The Morgan fingerprint density at radius 1 is 1.33 bits per heavy atom. The number of hydrogen-bond acceptors (Lipinski definition) is 2. The fraction of sp³-hybridized carbons (Fsp3) is 0.667. The minimum absolute atomic E-state index is 0. The molecule has 0 spiro atoms. The molecule has 0 amide bonds. The van der Waals surface area contributed by atoms with Crippen LogP contribution in [0, 0.1) is 4.58 Å². The maximum atomic E-state index is 3.72. The zero-order valence-electron chi connectivity index (χ0n) is 7.84. The van der Waals surface area contributed by atoms with Crippen molar-refractivity contribution in [2.24, 2.45) is 0 Å². The van der Waals surface area contributed by atoms with Crippen molar-refractivity contribution in [2.45, 2.75) is 25.7 Å². The predicted molar refractivity (Wildman–Crippen MR) is 56.8 cm³/mol. The van der Waals surface area contributed by atoms with E-state index in [0.29, 0.717) is 0 Å². The van der Waals surface area contributed by atoms with E-state index in [0.717, 1.165) is 0 Å². The second kappa shape index (κ2) is 8.63. The Morgan fingerprint density at radius 3 is 2.58 bits per heavy atom. The van der Waals surface area contributed by atoms with Gasteiger partial charge < -0.3 is 23.5 Å². The van der Waals surface area contributed by atoms with E-state index < -0.39 is 0 Å². The van der Waals surface area contributed by atoms with Crippen molar-refractivity contribution < 1.29 is 18.9 Å². The summed E-state index contributed by atoms with van der Waals surface area (Å²) in [6.45, 7) is 3.72. The fourth-order valence-electron chi connectivity index (χ4n) is 1.01. The second-order valence-corrected chi connectivity index (χ2v) is 5.24. The van der Waals surface area contributed by atoms with Gasteiger partial charge in [0, 0.05) is 0 Å². The van der Waals surface area contributed by atoms with E-state index in [2.05, 4.69) is 30.1 Å². The zero-order chi connectivity index (χ0) is 7.94. The van der Waals surface area contributed by atoms with Gasteiger partial charge in [0.25, 0.3) is 0 Å². The van der Waals surface area contributed by atoms with Crippen LogP contribution in [0.4, 0.5) is 0 Å².